The largest absolute Gasteiger partial charge is 0.369 e. The lowest BCUT2D eigenvalue weighted by molar-refractivity contribution is 0.751. The predicted molar refractivity (Wildman–Crippen MR) is 84.0 cm³/mol. The molecule has 1 aliphatic carbocycles. The molecule has 19 heavy (non-hydrogen) atoms. The zero-order valence-electron chi connectivity index (χ0n) is 11.9. The standard InChI is InChI=1S/C14H24N4S/c1-3-7-16-13-9-15-10-14(18-13)17-11-5-6-12(8-11)19-4-2/h9-12H,3-8H2,1-2H3,(H2,16,17,18). The van der Waals surface area contributed by atoms with E-state index in [9.17, 15) is 0 Å². The number of hydrogen-bond donors (Lipinski definition) is 2. The van der Waals surface area contributed by atoms with E-state index in [0.29, 0.717) is 6.04 Å². The van der Waals surface area contributed by atoms with Crippen molar-refractivity contribution in [3.8, 4) is 0 Å². The molecule has 0 amide bonds. The van der Waals surface area contributed by atoms with Crippen molar-refractivity contribution in [2.75, 3.05) is 22.9 Å². The first-order chi connectivity index (χ1) is 9.31. The minimum Gasteiger partial charge on any atom is -0.369 e. The summed E-state index contributed by atoms with van der Waals surface area (Å²) in [5.74, 6) is 2.98. The number of rotatable bonds is 7. The summed E-state index contributed by atoms with van der Waals surface area (Å²) in [4.78, 5) is 8.80. The van der Waals surface area contributed by atoms with Crippen molar-refractivity contribution in [2.24, 2.45) is 0 Å². The van der Waals surface area contributed by atoms with E-state index < -0.39 is 0 Å². The zero-order chi connectivity index (χ0) is 13.5. The second-order valence-corrected chi connectivity index (χ2v) is 6.53. The van der Waals surface area contributed by atoms with E-state index in [1.54, 1.807) is 6.20 Å². The fourth-order valence-electron chi connectivity index (χ4n) is 2.44. The third-order valence-electron chi connectivity index (χ3n) is 3.33. The number of hydrogen-bond acceptors (Lipinski definition) is 5. The van der Waals surface area contributed by atoms with E-state index >= 15 is 0 Å². The average molecular weight is 280 g/mol. The lowest BCUT2D eigenvalue weighted by atomic mass is 10.2. The third-order valence-corrected chi connectivity index (χ3v) is 4.56. The molecule has 0 aliphatic heterocycles. The third kappa shape index (κ3) is 4.56. The Balaban J connectivity index is 1.85. The van der Waals surface area contributed by atoms with Gasteiger partial charge >= 0.3 is 0 Å². The lowest BCUT2D eigenvalue weighted by Crippen LogP contribution is -2.17. The number of thioether (sulfide) groups is 1. The Morgan fingerprint density at radius 3 is 2.89 bits per heavy atom. The Morgan fingerprint density at radius 1 is 1.26 bits per heavy atom. The molecular formula is C14H24N4S. The van der Waals surface area contributed by atoms with Gasteiger partial charge in [-0.05, 0) is 31.4 Å². The van der Waals surface area contributed by atoms with Gasteiger partial charge in [0.25, 0.3) is 0 Å². The van der Waals surface area contributed by atoms with E-state index in [4.69, 9.17) is 0 Å². The summed E-state index contributed by atoms with van der Waals surface area (Å²) in [5.41, 5.74) is 0. The maximum Gasteiger partial charge on any atom is 0.147 e. The summed E-state index contributed by atoms with van der Waals surface area (Å²) >= 11 is 2.08. The number of nitrogens with zero attached hydrogens (tertiary/aromatic N) is 2. The molecule has 1 aromatic heterocycles. The summed E-state index contributed by atoms with van der Waals surface area (Å²) in [6, 6.07) is 0.555. The van der Waals surface area contributed by atoms with Crippen LogP contribution in [0.15, 0.2) is 12.4 Å². The molecule has 1 fully saturated rings. The normalized spacial score (nSPS) is 22.4. The van der Waals surface area contributed by atoms with Gasteiger partial charge in [0.2, 0.25) is 0 Å². The highest BCUT2D eigenvalue weighted by atomic mass is 32.2. The molecule has 5 heteroatoms. The van der Waals surface area contributed by atoms with Gasteiger partial charge in [-0.15, -0.1) is 0 Å². The molecule has 1 aromatic rings. The van der Waals surface area contributed by atoms with Gasteiger partial charge in [0.15, 0.2) is 0 Å². The summed E-state index contributed by atoms with van der Waals surface area (Å²) in [5, 5.41) is 7.61. The monoisotopic (exact) mass is 280 g/mol. The quantitative estimate of drug-likeness (QED) is 0.802. The fraction of sp³-hybridized carbons (Fsp3) is 0.714. The Morgan fingerprint density at radius 2 is 2.11 bits per heavy atom. The van der Waals surface area contributed by atoms with Gasteiger partial charge in [-0.1, -0.05) is 13.8 Å². The van der Waals surface area contributed by atoms with Crippen LogP contribution in [0.2, 0.25) is 0 Å². The molecule has 1 heterocycles. The van der Waals surface area contributed by atoms with Crippen LogP contribution in [0.1, 0.15) is 39.5 Å². The van der Waals surface area contributed by atoms with E-state index in [2.05, 4.69) is 46.2 Å². The number of anilines is 2. The molecule has 4 nitrogen and oxygen atoms in total. The molecule has 2 N–H and O–H groups in total. The van der Waals surface area contributed by atoms with Crippen LogP contribution >= 0.6 is 11.8 Å². The van der Waals surface area contributed by atoms with Crippen molar-refractivity contribution in [3.63, 3.8) is 0 Å². The Kier molecular flexibility index (Phi) is 5.76. The maximum absolute atomic E-state index is 4.55. The van der Waals surface area contributed by atoms with Crippen LogP contribution in [-0.2, 0) is 0 Å². The first-order valence-electron chi connectivity index (χ1n) is 7.25. The Hall–Kier alpha value is -0.970. The van der Waals surface area contributed by atoms with Crippen LogP contribution in [0.4, 0.5) is 11.6 Å². The van der Waals surface area contributed by atoms with E-state index in [0.717, 1.165) is 29.9 Å². The van der Waals surface area contributed by atoms with Crippen molar-refractivity contribution in [3.05, 3.63) is 12.4 Å². The van der Waals surface area contributed by atoms with Gasteiger partial charge in [0.05, 0.1) is 12.4 Å². The second kappa shape index (κ2) is 7.58. The van der Waals surface area contributed by atoms with Crippen molar-refractivity contribution in [1.29, 1.82) is 0 Å². The SMILES string of the molecule is CCCNc1cncc(NC2CCC(SCC)C2)n1. The van der Waals surface area contributed by atoms with E-state index in [-0.39, 0.29) is 0 Å². The van der Waals surface area contributed by atoms with E-state index in [1.165, 1.54) is 25.0 Å². The maximum atomic E-state index is 4.55. The number of aromatic nitrogens is 2. The van der Waals surface area contributed by atoms with Crippen molar-refractivity contribution in [1.82, 2.24) is 9.97 Å². The van der Waals surface area contributed by atoms with Crippen LogP contribution in [0.5, 0.6) is 0 Å². The van der Waals surface area contributed by atoms with Gasteiger partial charge in [-0.25, -0.2) is 4.98 Å². The van der Waals surface area contributed by atoms with Crippen LogP contribution < -0.4 is 10.6 Å². The fourth-order valence-corrected chi connectivity index (χ4v) is 3.58. The summed E-state index contributed by atoms with van der Waals surface area (Å²) in [6.07, 6.45) is 8.50. The molecule has 2 rings (SSSR count). The van der Waals surface area contributed by atoms with Gasteiger partial charge < -0.3 is 10.6 Å². The Labute approximate surface area is 120 Å². The molecule has 0 bridgehead atoms. The molecular weight excluding hydrogens is 256 g/mol. The minimum atomic E-state index is 0.555. The average Bonchev–Trinajstić information content (AvgIpc) is 2.85. The summed E-state index contributed by atoms with van der Waals surface area (Å²) in [6.45, 7) is 5.32. The van der Waals surface area contributed by atoms with Gasteiger partial charge in [-0.3, -0.25) is 4.98 Å². The molecule has 106 valence electrons. The highest BCUT2D eigenvalue weighted by Gasteiger charge is 2.24. The molecule has 1 saturated carbocycles. The lowest BCUT2D eigenvalue weighted by Gasteiger charge is -2.14. The van der Waals surface area contributed by atoms with Crippen molar-refractivity contribution in [2.45, 2.75) is 50.8 Å². The molecule has 0 spiro atoms. The topological polar surface area (TPSA) is 49.8 Å². The Bertz CT molecular complexity index is 385. The molecule has 2 unspecified atom stereocenters. The zero-order valence-corrected chi connectivity index (χ0v) is 12.7. The van der Waals surface area contributed by atoms with Gasteiger partial charge in [0, 0.05) is 17.8 Å². The first kappa shape index (κ1) is 14.4. The molecule has 0 saturated heterocycles. The highest BCUT2D eigenvalue weighted by Crippen LogP contribution is 2.31. The molecule has 1 aliphatic rings. The van der Waals surface area contributed by atoms with Crippen LogP contribution in [0, 0.1) is 0 Å². The van der Waals surface area contributed by atoms with Gasteiger partial charge in [-0.2, -0.15) is 11.8 Å². The van der Waals surface area contributed by atoms with Gasteiger partial charge in [0.1, 0.15) is 11.6 Å². The molecule has 0 radical (unpaired) electrons. The predicted octanol–water partition coefficient (Wildman–Crippen LogP) is 3.38. The van der Waals surface area contributed by atoms with E-state index in [1.807, 2.05) is 6.20 Å². The highest BCUT2D eigenvalue weighted by molar-refractivity contribution is 7.99. The summed E-state index contributed by atoms with van der Waals surface area (Å²) < 4.78 is 0. The second-order valence-electron chi connectivity index (χ2n) is 4.95. The number of nitrogens with one attached hydrogen (secondary N) is 2. The van der Waals surface area contributed by atoms with Crippen LogP contribution in [0.3, 0.4) is 0 Å². The summed E-state index contributed by atoms with van der Waals surface area (Å²) in [7, 11) is 0. The molecule has 0 aromatic carbocycles. The first-order valence-corrected chi connectivity index (χ1v) is 8.30. The smallest absolute Gasteiger partial charge is 0.147 e. The van der Waals surface area contributed by atoms with Crippen LogP contribution in [-0.4, -0.2) is 33.6 Å². The van der Waals surface area contributed by atoms with Crippen molar-refractivity contribution < 1.29 is 0 Å². The van der Waals surface area contributed by atoms with Crippen molar-refractivity contribution >= 4 is 23.4 Å². The minimum absolute atomic E-state index is 0.555. The molecule has 2 atom stereocenters. The van der Waals surface area contributed by atoms with Crippen LogP contribution in [0.25, 0.3) is 0 Å².